The van der Waals surface area contributed by atoms with Crippen LogP contribution >= 0.6 is 0 Å². The van der Waals surface area contributed by atoms with Gasteiger partial charge >= 0.3 is 0 Å². The molecule has 0 bridgehead atoms. The summed E-state index contributed by atoms with van der Waals surface area (Å²) in [6, 6.07) is 20.9. The molecule has 3 aromatic carbocycles. The first-order valence-electron chi connectivity index (χ1n) is 9.73. The monoisotopic (exact) mass is 418 g/mol. The van der Waals surface area contributed by atoms with Gasteiger partial charge in [0.1, 0.15) is 11.6 Å². The molecule has 2 heterocycles. The summed E-state index contributed by atoms with van der Waals surface area (Å²) in [4.78, 5) is 0.330. The van der Waals surface area contributed by atoms with Crippen molar-refractivity contribution in [3.63, 3.8) is 0 Å². The average molecular weight is 419 g/mol. The van der Waals surface area contributed by atoms with E-state index in [0.717, 1.165) is 44.2 Å². The van der Waals surface area contributed by atoms with Crippen LogP contribution < -0.4 is 4.74 Å². The molecule has 0 unspecified atom stereocenters. The van der Waals surface area contributed by atoms with Gasteiger partial charge in [0.05, 0.1) is 34.1 Å². The zero-order chi connectivity index (χ0) is 21.0. The van der Waals surface area contributed by atoms with Gasteiger partial charge in [-0.2, -0.15) is 0 Å². The van der Waals surface area contributed by atoms with E-state index in [1.165, 1.54) is 0 Å². The molecular weight excluding hydrogens is 396 g/mol. The van der Waals surface area contributed by atoms with Crippen molar-refractivity contribution < 1.29 is 13.2 Å². The molecule has 6 heteroatoms. The molecule has 0 amide bonds. The Morgan fingerprint density at radius 1 is 0.867 bits per heavy atom. The molecule has 0 saturated heterocycles. The SMILES string of the molecule is COc1ccc2c(c1)c1c(c3ccccc3n1CS(=O)(=O)c1ccc(C)cc1)n2C. The number of aryl methyl sites for hydroxylation is 2. The summed E-state index contributed by atoms with van der Waals surface area (Å²) in [7, 11) is 0.118. The van der Waals surface area contributed by atoms with E-state index < -0.39 is 9.84 Å². The quantitative estimate of drug-likeness (QED) is 0.411. The molecule has 0 aliphatic rings. The number of ether oxygens (including phenoxy) is 1. The molecule has 0 radical (unpaired) electrons. The van der Waals surface area contributed by atoms with Gasteiger partial charge in [0, 0.05) is 17.8 Å². The summed E-state index contributed by atoms with van der Waals surface area (Å²) in [5.41, 5.74) is 4.90. The summed E-state index contributed by atoms with van der Waals surface area (Å²) in [6.45, 7) is 1.95. The number of benzene rings is 3. The van der Waals surface area contributed by atoms with Gasteiger partial charge in [0.15, 0.2) is 9.84 Å². The standard InChI is InChI=1S/C24H22N2O3S/c1-16-8-11-18(12-9-16)30(27,28)15-26-22-7-5-4-6-19(22)23-24(26)20-14-17(29-3)10-13-21(20)25(23)2/h4-14H,15H2,1-3H3. The summed E-state index contributed by atoms with van der Waals surface area (Å²) in [5, 5.41) is 2.01. The van der Waals surface area contributed by atoms with Crippen LogP contribution in [0.5, 0.6) is 5.75 Å². The van der Waals surface area contributed by atoms with Crippen molar-refractivity contribution >= 4 is 42.7 Å². The van der Waals surface area contributed by atoms with Crippen molar-refractivity contribution in [2.45, 2.75) is 17.7 Å². The van der Waals surface area contributed by atoms with Crippen molar-refractivity contribution in [1.82, 2.24) is 9.13 Å². The Balaban J connectivity index is 1.83. The van der Waals surface area contributed by atoms with E-state index in [1.54, 1.807) is 19.2 Å². The van der Waals surface area contributed by atoms with Crippen LogP contribution in [0.15, 0.2) is 71.6 Å². The second-order valence-corrected chi connectivity index (χ2v) is 9.60. The van der Waals surface area contributed by atoms with Gasteiger partial charge in [-0.15, -0.1) is 0 Å². The third kappa shape index (κ3) is 2.71. The number of methoxy groups -OCH3 is 1. The Bertz CT molecular complexity index is 1520. The lowest BCUT2D eigenvalue weighted by molar-refractivity contribution is 0.415. The first-order chi connectivity index (χ1) is 14.4. The zero-order valence-corrected chi connectivity index (χ0v) is 17.9. The third-order valence-corrected chi connectivity index (χ3v) is 7.37. The average Bonchev–Trinajstić information content (AvgIpc) is 3.21. The van der Waals surface area contributed by atoms with Crippen LogP contribution in [-0.2, 0) is 22.8 Å². The second kappa shape index (κ2) is 6.64. The van der Waals surface area contributed by atoms with Gasteiger partial charge in [-0.1, -0.05) is 35.9 Å². The van der Waals surface area contributed by atoms with E-state index in [0.29, 0.717) is 4.90 Å². The number of hydrogen-bond donors (Lipinski definition) is 0. The maximum atomic E-state index is 13.3. The minimum absolute atomic E-state index is 0.129. The first kappa shape index (κ1) is 18.8. The number of para-hydroxylation sites is 1. The van der Waals surface area contributed by atoms with Crippen LogP contribution in [0.2, 0.25) is 0 Å². The number of aromatic nitrogens is 2. The molecule has 5 aromatic rings. The van der Waals surface area contributed by atoms with Gasteiger partial charge < -0.3 is 13.9 Å². The summed E-state index contributed by atoms with van der Waals surface area (Å²) < 4.78 is 36.1. The smallest absolute Gasteiger partial charge is 0.196 e. The Hall–Kier alpha value is -3.25. The van der Waals surface area contributed by atoms with Crippen LogP contribution in [-0.4, -0.2) is 24.7 Å². The Labute approximate surface area is 175 Å². The molecular formula is C24H22N2O3S. The molecule has 2 aromatic heterocycles. The fourth-order valence-corrected chi connectivity index (χ4v) is 5.57. The van der Waals surface area contributed by atoms with Crippen molar-refractivity contribution in [2.75, 3.05) is 7.11 Å². The van der Waals surface area contributed by atoms with Crippen molar-refractivity contribution in [2.24, 2.45) is 7.05 Å². The molecule has 0 spiro atoms. The number of nitrogens with zero attached hydrogens (tertiary/aromatic N) is 2. The molecule has 0 saturated carbocycles. The van der Waals surface area contributed by atoms with Gasteiger partial charge in [0.25, 0.3) is 0 Å². The van der Waals surface area contributed by atoms with Crippen LogP contribution in [0.3, 0.4) is 0 Å². The van der Waals surface area contributed by atoms with Crippen molar-refractivity contribution in [3.8, 4) is 5.75 Å². The topological polar surface area (TPSA) is 53.2 Å². The molecule has 0 atom stereocenters. The highest BCUT2D eigenvalue weighted by molar-refractivity contribution is 7.90. The molecule has 0 N–H and O–H groups in total. The second-order valence-electron chi connectivity index (χ2n) is 7.64. The van der Waals surface area contributed by atoms with Crippen LogP contribution in [0.4, 0.5) is 0 Å². The normalized spacial score (nSPS) is 12.2. The summed E-state index contributed by atoms with van der Waals surface area (Å²) in [5.74, 6) is 0.615. The maximum Gasteiger partial charge on any atom is 0.196 e. The highest BCUT2D eigenvalue weighted by Crippen LogP contribution is 2.38. The highest BCUT2D eigenvalue weighted by atomic mass is 32.2. The molecule has 0 aliphatic carbocycles. The molecule has 30 heavy (non-hydrogen) atoms. The maximum absolute atomic E-state index is 13.3. The Morgan fingerprint density at radius 2 is 1.60 bits per heavy atom. The minimum Gasteiger partial charge on any atom is -0.497 e. The first-order valence-corrected chi connectivity index (χ1v) is 11.4. The Morgan fingerprint density at radius 3 is 2.33 bits per heavy atom. The lowest BCUT2D eigenvalue weighted by atomic mass is 10.2. The van der Waals surface area contributed by atoms with Gasteiger partial charge in [-0.25, -0.2) is 8.42 Å². The summed E-state index contributed by atoms with van der Waals surface area (Å²) in [6.07, 6.45) is 0. The predicted molar refractivity (Wildman–Crippen MR) is 121 cm³/mol. The van der Waals surface area contributed by atoms with E-state index in [1.807, 2.05) is 73.1 Å². The fourth-order valence-electron chi connectivity index (χ4n) is 4.27. The zero-order valence-electron chi connectivity index (χ0n) is 17.1. The molecule has 0 fully saturated rings. The largest absolute Gasteiger partial charge is 0.497 e. The van der Waals surface area contributed by atoms with E-state index in [4.69, 9.17) is 4.74 Å². The van der Waals surface area contributed by atoms with Gasteiger partial charge in [-0.3, -0.25) is 0 Å². The molecule has 5 nitrogen and oxygen atoms in total. The summed E-state index contributed by atoms with van der Waals surface area (Å²) >= 11 is 0. The lowest BCUT2D eigenvalue weighted by Gasteiger charge is -2.10. The minimum atomic E-state index is -3.54. The lowest BCUT2D eigenvalue weighted by Crippen LogP contribution is -2.11. The van der Waals surface area contributed by atoms with Crippen LogP contribution in [0.25, 0.3) is 32.8 Å². The van der Waals surface area contributed by atoms with Crippen LogP contribution in [0, 0.1) is 6.92 Å². The van der Waals surface area contributed by atoms with E-state index >= 15 is 0 Å². The predicted octanol–water partition coefficient (Wildman–Crippen LogP) is 5.03. The highest BCUT2D eigenvalue weighted by Gasteiger charge is 2.23. The number of sulfone groups is 1. The van der Waals surface area contributed by atoms with Crippen molar-refractivity contribution in [1.29, 1.82) is 0 Å². The Kier molecular flexibility index (Phi) is 4.15. The molecule has 5 rings (SSSR count). The number of fused-ring (bicyclic) bond motifs is 5. The van der Waals surface area contributed by atoms with E-state index in [2.05, 4.69) is 4.57 Å². The molecule has 152 valence electrons. The number of rotatable bonds is 4. The van der Waals surface area contributed by atoms with Crippen molar-refractivity contribution in [3.05, 3.63) is 72.3 Å². The molecule has 0 aliphatic heterocycles. The van der Waals surface area contributed by atoms with Gasteiger partial charge in [-0.05, 0) is 43.3 Å². The van der Waals surface area contributed by atoms with E-state index in [-0.39, 0.29) is 5.88 Å². The third-order valence-electron chi connectivity index (χ3n) is 5.78. The van der Waals surface area contributed by atoms with E-state index in [9.17, 15) is 8.42 Å². The fraction of sp³-hybridized carbons (Fsp3) is 0.167. The van der Waals surface area contributed by atoms with Crippen LogP contribution in [0.1, 0.15) is 5.56 Å². The number of hydrogen-bond acceptors (Lipinski definition) is 3. The van der Waals surface area contributed by atoms with Gasteiger partial charge in [0.2, 0.25) is 0 Å².